The van der Waals surface area contributed by atoms with Gasteiger partial charge in [0.25, 0.3) is 5.91 Å². The number of hydrogen-bond donors (Lipinski definition) is 1. The van der Waals surface area contributed by atoms with Gasteiger partial charge >= 0.3 is 12.2 Å². The van der Waals surface area contributed by atoms with E-state index in [0.29, 0.717) is 11.4 Å². The van der Waals surface area contributed by atoms with Crippen molar-refractivity contribution in [2.45, 2.75) is 38.3 Å². The fourth-order valence-electron chi connectivity index (χ4n) is 4.83. The largest absolute Gasteiger partial charge is 0.435 e. The van der Waals surface area contributed by atoms with Crippen molar-refractivity contribution in [1.82, 2.24) is 20.1 Å². The number of halogens is 3. The van der Waals surface area contributed by atoms with E-state index in [1.54, 1.807) is 30.3 Å². The number of anilines is 1. The lowest BCUT2D eigenvalue weighted by Gasteiger charge is -2.27. The molecule has 0 unspecified atom stereocenters. The Morgan fingerprint density at radius 2 is 1.68 bits per heavy atom. The van der Waals surface area contributed by atoms with Crippen LogP contribution in [0.5, 0.6) is 0 Å². The van der Waals surface area contributed by atoms with E-state index < -0.39 is 23.3 Å². The van der Waals surface area contributed by atoms with Crippen LogP contribution in [0.4, 0.5) is 19.2 Å². The quantitative estimate of drug-likeness (QED) is 0.295. The number of benzene rings is 2. The van der Waals surface area contributed by atoms with Gasteiger partial charge in [0, 0.05) is 30.8 Å². The Hall–Kier alpha value is -4.41. The number of amides is 2. The minimum atomic E-state index is -4.83. The Labute approximate surface area is 228 Å². The molecule has 208 valence electrons. The molecule has 2 heterocycles. The third-order valence-corrected chi connectivity index (χ3v) is 6.87. The number of alkyl halides is 3. The van der Waals surface area contributed by atoms with Crippen molar-refractivity contribution in [2.24, 2.45) is 5.92 Å². The number of carbonyl (C=O) groups is 2. The maximum Gasteiger partial charge on any atom is 0.435 e. The zero-order valence-corrected chi connectivity index (χ0v) is 21.6. The van der Waals surface area contributed by atoms with Crippen molar-refractivity contribution in [3.8, 4) is 17.0 Å². The molecule has 0 atom stereocenters. The highest BCUT2D eigenvalue weighted by molar-refractivity contribution is 5.96. The van der Waals surface area contributed by atoms with Gasteiger partial charge in [-0.05, 0) is 25.0 Å². The van der Waals surface area contributed by atoms with Crippen molar-refractivity contribution < 1.29 is 27.2 Å². The van der Waals surface area contributed by atoms with Crippen molar-refractivity contribution >= 4 is 17.8 Å². The first kappa shape index (κ1) is 27.2. The van der Waals surface area contributed by atoms with Crippen molar-refractivity contribution in [1.29, 1.82) is 0 Å². The SMILES string of the molecule is O=C(NCCN(C(=O)C1CCCCC1)c1ncc(-c2ccccc2)o1)c1cn(-c2ccccc2)nc1C(F)(F)F. The summed E-state index contributed by atoms with van der Waals surface area (Å²) in [5, 5.41) is 6.14. The van der Waals surface area contributed by atoms with E-state index in [-0.39, 0.29) is 30.9 Å². The Morgan fingerprint density at radius 1 is 1.00 bits per heavy atom. The number of hydrogen-bond acceptors (Lipinski definition) is 5. The van der Waals surface area contributed by atoms with Crippen molar-refractivity contribution in [3.63, 3.8) is 0 Å². The minimum Gasteiger partial charge on any atom is -0.423 e. The minimum absolute atomic E-state index is 0.0238. The average molecular weight is 552 g/mol. The van der Waals surface area contributed by atoms with Crippen LogP contribution in [0, 0.1) is 5.92 Å². The first-order chi connectivity index (χ1) is 19.3. The summed E-state index contributed by atoms with van der Waals surface area (Å²) in [5.74, 6) is -0.859. The van der Waals surface area contributed by atoms with Crippen LogP contribution in [0.1, 0.15) is 48.2 Å². The number of carbonyl (C=O) groups excluding carboxylic acids is 2. The highest BCUT2D eigenvalue weighted by Gasteiger charge is 2.39. The second-order valence-corrected chi connectivity index (χ2v) is 9.62. The maximum absolute atomic E-state index is 13.7. The van der Waals surface area contributed by atoms with E-state index >= 15 is 0 Å². The predicted octanol–water partition coefficient (Wildman–Crippen LogP) is 5.89. The molecular formula is C29H28F3N5O3. The van der Waals surface area contributed by atoms with Gasteiger partial charge in [0.05, 0.1) is 17.4 Å². The molecular weight excluding hydrogens is 523 g/mol. The van der Waals surface area contributed by atoms with Crippen LogP contribution in [0.3, 0.4) is 0 Å². The lowest BCUT2D eigenvalue weighted by molar-refractivity contribution is -0.141. The topological polar surface area (TPSA) is 93.3 Å². The molecule has 4 aromatic rings. The smallest absolute Gasteiger partial charge is 0.423 e. The highest BCUT2D eigenvalue weighted by atomic mass is 19.4. The van der Waals surface area contributed by atoms with Crippen LogP contribution < -0.4 is 10.2 Å². The number of para-hydroxylation sites is 1. The molecule has 1 N–H and O–H groups in total. The molecule has 1 aliphatic rings. The van der Waals surface area contributed by atoms with Gasteiger partial charge in [-0.1, -0.05) is 67.8 Å². The summed E-state index contributed by atoms with van der Waals surface area (Å²) in [4.78, 5) is 32.1. The van der Waals surface area contributed by atoms with Crippen LogP contribution in [-0.4, -0.2) is 39.7 Å². The lowest BCUT2D eigenvalue weighted by atomic mass is 9.88. The zero-order valence-electron chi connectivity index (χ0n) is 21.6. The van der Waals surface area contributed by atoms with Crippen LogP contribution in [0.15, 0.2) is 77.5 Å². The fourth-order valence-corrected chi connectivity index (χ4v) is 4.83. The first-order valence-electron chi connectivity index (χ1n) is 13.1. The Kier molecular flexibility index (Phi) is 7.99. The molecule has 0 radical (unpaired) electrons. The van der Waals surface area contributed by atoms with Gasteiger partial charge in [0.2, 0.25) is 5.91 Å². The first-order valence-corrected chi connectivity index (χ1v) is 13.1. The zero-order chi connectivity index (χ0) is 28.1. The monoisotopic (exact) mass is 551 g/mol. The number of rotatable bonds is 8. The molecule has 8 nitrogen and oxygen atoms in total. The van der Waals surface area contributed by atoms with Crippen LogP contribution in [0.2, 0.25) is 0 Å². The molecule has 2 aromatic carbocycles. The second-order valence-electron chi connectivity index (χ2n) is 9.62. The number of nitrogens with zero attached hydrogens (tertiary/aromatic N) is 4. The maximum atomic E-state index is 13.7. The van der Waals surface area contributed by atoms with Crippen LogP contribution in [-0.2, 0) is 11.0 Å². The standard InChI is InChI=1S/C29H28F3N5O3/c30-29(31,32)25-23(19-37(35-25)22-14-8-3-9-15-22)26(38)33-16-17-36(27(39)21-12-6-2-7-13-21)28-34-18-24(40-28)20-10-4-1-5-11-20/h1,3-5,8-11,14-15,18-19,21H,2,6-7,12-13,16-17H2,(H,33,38). The normalized spacial score (nSPS) is 14.2. The van der Waals surface area contributed by atoms with Gasteiger partial charge in [0.15, 0.2) is 11.5 Å². The van der Waals surface area contributed by atoms with E-state index in [0.717, 1.165) is 48.5 Å². The molecule has 1 aliphatic carbocycles. The van der Waals surface area contributed by atoms with E-state index in [1.165, 1.54) is 11.1 Å². The molecule has 0 aliphatic heterocycles. The Balaban J connectivity index is 1.34. The van der Waals surface area contributed by atoms with Gasteiger partial charge in [-0.2, -0.15) is 18.3 Å². The molecule has 40 heavy (non-hydrogen) atoms. The third-order valence-electron chi connectivity index (χ3n) is 6.87. The third kappa shape index (κ3) is 6.08. The van der Waals surface area contributed by atoms with Gasteiger partial charge in [0.1, 0.15) is 0 Å². The molecule has 2 amide bonds. The summed E-state index contributed by atoms with van der Waals surface area (Å²) in [5.41, 5.74) is -0.725. The van der Waals surface area contributed by atoms with Crippen molar-refractivity contribution in [3.05, 3.63) is 84.3 Å². The molecule has 0 bridgehead atoms. The van der Waals surface area contributed by atoms with E-state index in [1.807, 2.05) is 30.3 Å². The Bertz CT molecular complexity index is 1440. The molecule has 5 rings (SSSR count). The molecule has 11 heteroatoms. The Morgan fingerprint density at radius 3 is 2.35 bits per heavy atom. The van der Waals surface area contributed by atoms with E-state index in [9.17, 15) is 22.8 Å². The molecule has 0 spiro atoms. The number of oxazole rings is 1. The summed E-state index contributed by atoms with van der Waals surface area (Å²) in [6.07, 6.45) is 2.16. The average Bonchev–Trinajstić information content (AvgIpc) is 3.65. The van der Waals surface area contributed by atoms with E-state index in [2.05, 4.69) is 15.4 Å². The summed E-state index contributed by atoms with van der Waals surface area (Å²) < 4.78 is 48.1. The molecule has 2 aromatic heterocycles. The van der Waals surface area contributed by atoms with E-state index in [4.69, 9.17) is 4.42 Å². The van der Waals surface area contributed by atoms with Crippen LogP contribution in [0.25, 0.3) is 17.0 Å². The van der Waals surface area contributed by atoms with Crippen molar-refractivity contribution in [2.75, 3.05) is 18.0 Å². The number of nitrogens with one attached hydrogen (secondary N) is 1. The van der Waals surface area contributed by atoms with Gasteiger partial charge in [-0.3, -0.25) is 14.5 Å². The second kappa shape index (κ2) is 11.8. The molecule has 0 saturated heterocycles. The molecule has 1 fully saturated rings. The summed E-state index contributed by atoms with van der Waals surface area (Å²) in [6.45, 7) is -0.141. The fraction of sp³-hybridized carbons (Fsp3) is 0.310. The number of aromatic nitrogens is 3. The van der Waals surface area contributed by atoms with Gasteiger partial charge in [-0.25, -0.2) is 9.67 Å². The van der Waals surface area contributed by atoms with Crippen LogP contribution >= 0.6 is 0 Å². The summed E-state index contributed by atoms with van der Waals surface area (Å²) in [6, 6.07) is 17.6. The predicted molar refractivity (Wildman–Crippen MR) is 142 cm³/mol. The summed E-state index contributed by atoms with van der Waals surface area (Å²) >= 11 is 0. The van der Waals surface area contributed by atoms with Gasteiger partial charge < -0.3 is 9.73 Å². The molecule has 1 saturated carbocycles. The highest BCUT2D eigenvalue weighted by Crippen LogP contribution is 2.32. The van der Waals surface area contributed by atoms with Gasteiger partial charge in [-0.15, -0.1) is 0 Å². The lowest BCUT2D eigenvalue weighted by Crippen LogP contribution is -2.42. The summed E-state index contributed by atoms with van der Waals surface area (Å²) in [7, 11) is 0.